The van der Waals surface area contributed by atoms with Gasteiger partial charge in [0.1, 0.15) is 0 Å². The fraction of sp³-hybridized carbons (Fsp3) is 0.227. The van der Waals surface area contributed by atoms with Crippen LogP contribution >= 0.6 is 0 Å². The van der Waals surface area contributed by atoms with E-state index in [-0.39, 0.29) is 24.4 Å². The van der Waals surface area contributed by atoms with Gasteiger partial charge in [-0.15, -0.1) is 0 Å². The Morgan fingerprint density at radius 3 is 2.36 bits per heavy atom. The number of hydrogen-bond donors (Lipinski definition) is 2. The topological polar surface area (TPSA) is 76.0 Å². The minimum Gasteiger partial charge on any atom is -0.348 e. The molecule has 1 atom stereocenters. The van der Waals surface area contributed by atoms with E-state index in [0.29, 0.717) is 5.56 Å². The molecule has 0 aliphatic rings. The van der Waals surface area contributed by atoms with E-state index < -0.39 is 0 Å². The van der Waals surface area contributed by atoms with Gasteiger partial charge in [-0.05, 0) is 50.6 Å². The standard InChI is InChI=1S/C22H24N4O2/c1-15-10-16(2)12-19(11-15)22(28)24-13-21(27)25-17(3)18-4-6-20(7-5-18)26-9-8-23-14-26/h4-12,14,17H,13H2,1-3H3,(H,24,28)(H,25,27). The van der Waals surface area contributed by atoms with E-state index in [1.807, 2.05) is 74.0 Å². The highest BCUT2D eigenvalue weighted by atomic mass is 16.2. The van der Waals surface area contributed by atoms with Crippen LogP contribution in [0.4, 0.5) is 0 Å². The van der Waals surface area contributed by atoms with Crippen LogP contribution in [0, 0.1) is 13.8 Å². The summed E-state index contributed by atoms with van der Waals surface area (Å²) in [6.45, 7) is 5.73. The lowest BCUT2D eigenvalue weighted by atomic mass is 10.1. The van der Waals surface area contributed by atoms with Gasteiger partial charge in [0.15, 0.2) is 0 Å². The first-order chi connectivity index (χ1) is 13.4. The number of rotatable bonds is 6. The van der Waals surface area contributed by atoms with Gasteiger partial charge in [0.2, 0.25) is 5.91 Å². The van der Waals surface area contributed by atoms with Crippen molar-refractivity contribution in [1.82, 2.24) is 20.2 Å². The molecule has 2 amide bonds. The molecule has 3 rings (SSSR count). The van der Waals surface area contributed by atoms with E-state index >= 15 is 0 Å². The predicted octanol–water partition coefficient (Wildman–Crippen LogP) is 3.10. The summed E-state index contributed by atoms with van der Waals surface area (Å²) in [5, 5.41) is 5.58. The summed E-state index contributed by atoms with van der Waals surface area (Å²) in [5.74, 6) is -0.483. The maximum absolute atomic E-state index is 12.3. The normalized spacial score (nSPS) is 11.7. The van der Waals surface area contributed by atoms with Gasteiger partial charge >= 0.3 is 0 Å². The molecule has 144 valence electrons. The van der Waals surface area contributed by atoms with Crippen LogP contribution in [0.2, 0.25) is 0 Å². The number of benzene rings is 2. The van der Waals surface area contributed by atoms with Crippen LogP contribution in [0.3, 0.4) is 0 Å². The first-order valence-electron chi connectivity index (χ1n) is 9.16. The van der Waals surface area contributed by atoms with Crippen LogP contribution < -0.4 is 10.6 Å². The first-order valence-corrected chi connectivity index (χ1v) is 9.16. The van der Waals surface area contributed by atoms with E-state index in [1.165, 1.54) is 0 Å². The van der Waals surface area contributed by atoms with Gasteiger partial charge in [0, 0.05) is 23.6 Å². The molecule has 0 aliphatic carbocycles. The van der Waals surface area contributed by atoms with Crippen LogP contribution in [0.15, 0.2) is 61.2 Å². The molecule has 0 spiro atoms. The van der Waals surface area contributed by atoms with Crippen molar-refractivity contribution in [3.05, 3.63) is 83.4 Å². The number of carbonyl (C=O) groups excluding carboxylic acids is 2. The van der Waals surface area contributed by atoms with Gasteiger partial charge in [-0.1, -0.05) is 29.3 Å². The Bertz CT molecular complexity index is 942. The van der Waals surface area contributed by atoms with Crippen molar-refractivity contribution in [3.8, 4) is 5.69 Å². The number of aryl methyl sites for hydroxylation is 2. The summed E-state index contributed by atoms with van der Waals surface area (Å²) >= 11 is 0. The Balaban J connectivity index is 1.53. The highest BCUT2D eigenvalue weighted by Crippen LogP contribution is 2.15. The first kappa shape index (κ1) is 19.4. The number of amides is 2. The number of aromatic nitrogens is 2. The van der Waals surface area contributed by atoms with Crippen LogP contribution in [0.25, 0.3) is 5.69 Å². The molecule has 2 N–H and O–H groups in total. The summed E-state index contributed by atoms with van der Waals surface area (Å²) in [6, 6.07) is 13.3. The Morgan fingerprint density at radius 1 is 1.07 bits per heavy atom. The van der Waals surface area contributed by atoms with Crippen molar-refractivity contribution in [2.24, 2.45) is 0 Å². The molecular formula is C22H24N4O2. The molecule has 6 heteroatoms. The van der Waals surface area contributed by atoms with Crippen LogP contribution in [-0.4, -0.2) is 27.9 Å². The largest absolute Gasteiger partial charge is 0.348 e. The van der Waals surface area contributed by atoms with Gasteiger partial charge < -0.3 is 15.2 Å². The third-order valence-corrected chi connectivity index (χ3v) is 4.47. The molecular weight excluding hydrogens is 352 g/mol. The van der Waals surface area contributed by atoms with Crippen LogP contribution in [0.1, 0.15) is 40.0 Å². The van der Waals surface area contributed by atoms with E-state index in [4.69, 9.17) is 0 Å². The zero-order valence-corrected chi connectivity index (χ0v) is 16.3. The van der Waals surface area contributed by atoms with Gasteiger partial charge in [-0.2, -0.15) is 0 Å². The fourth-order valence-electron chi connectivity index (χ4n) is 3.09. The zero-order chi connectivity index (χ0) is 20.1. The summed E-state index contributed by atoms with van der Waals surface area (Å²) < 4.78 is 1.91. The molecule has 2 aromatic carbocycles. The van der Waals surface area contributed by atoms with Gasteiger partial charge in [-0.25, -0.2) is 4.98 Å². The Kier molecular flexibility index (Phi) is 5.89. The second kappa shape index (κ2) is 8.52. The maximum Gasteiger partial charge on any atom is 0.251 e. The fourth-order valence-corrected chi connectivity index (χ4v) is 3.09. The average Bonchev–Trinajstić information content (AvgIpc) is 3.20. The SMILES string of the molecule is Cc1cc(C)cc(C(=O)NCC(=O)NC(C)c2ccc(-n3ccnc3)cc2)c1. The molecule has 28 heavy (non-hydrogen) atoms. The summed E-state index contributed by atoms with van der Waals surface area (Å²) in [4.78, 5) is 28.5. The zero-order valence-electron chi connectivity index (χ0n) is 16.3. The monoisotopic (exact) mass is 376 g/mol. The van der Waals surface area contributed by atoms with Crippen LogP contribution in [0.5, 0.6) is 0 Å². The Hall–Kier alpha value is -3.41. The number of hydrogen-bond acceptors (Lipinski definition) is 3. The molecule has 0 radical (unpaired) electrons. The predicted molar refractivity (Wildman–Crippen MR) is 108 cm³/mol. The molecule has 1 aromatic heterocycles. The van der Waals surface area contributed by atoms with Crippen molar-refractivity contribution in [2.75, 3.05) is 6.54 Å². The Labute approximate surface area is 164 Å². The molecule has 6 nitrogen and oxygen atoms in total. The van der Waals surface area contributed by atoms with E-state index in [0.717, 1.165) is 22.4 Å². The van der Waals surface area contributed by atoms with Gasteiger partial charge in [0.05, 0.1) is 18.9 Å². The minimum atomic E-state index is -0.251. The quantitative estimate of drug-likeness (QED) is 0.694. The van der Waals surface area contributed by atoms with E-state index in [9.17, 15) is 9.59 Å². The number of carbonyl (C=O) groups is 2. The molecule has 0 fully saturated rings. The Morgan fingerprint density at radius 2 is 1.75 bits per heavy atom. The highest BCUT2D eigenvalue weighted by molar-refractivity contribution is 5.96. The number of imidazole rings is 1. The van der Waals surface area contributed by atoms with Gasteiger partial charge in [0.25, 0.3) is 5.91 Å². The van der Waals surface area contributed by atoms with Crippen molar-refractivity contribution in [1.29, 1.82) is 0 Å². The van der Waals surface area contributed by atoms with E-state index in [2.05, 4.69) is 15.6 Å². The van der Waals surface area contributed by atoms with E-state index in [1.54, 1.807) is 12.5 Å². The third kappa shape index (κ3) is 4.85. The van der Waals surface area contributed by atoms with Gasteiger partial charge in [-0.3, -0.25) is 9.59 Å². The molecule has 1 heterocycles. The molecule has 0 aliphatic heterocycles. The lowest BCUT2D eigenvalue weighted by Gasteiger charge is -2.15. The maximum atomic E-state index is 12.3. The third-order valence-electron chi connectivity index (χ3n) is 4.47. The van der Waals surface area contributed by atoms with Crippen molar-refractivity contribution in [3.63, 3.8) is 0 Å². The second-order valence-corrected chi connectivity index (χ2v) is 6.91. The van der Waals surface area contributed by atoms with Crippen molar-refractivity contribution in [2.45, 2.75) is 26.8 Å². The van der Waals surface area contributed by atoms with Crippen molar-refractivity contribution < 1.29 is 9.59 Å². The molecule has 1 unspecified atom stereocenters. The highest BCUT2D eigenvalue weighted by Gasteiger charge is 2.12. The lowest BCUT2D eigenvalue weighted by Crippen LogP contribution is -2.38. The number of nitrogens with one attached hydrogen (secondary N) is 2. The van der Waals surface area contributed by atoms with Crippen LogP contribution in [-0.2, 0) is 4.79 Å². The number of nitrogens with zero attached hydrogens (tertiary/aromatic N) is 2. The summed E-state index contributed by atoms with van der Waals surface area (Å²) in [7, 11) is 0. The minimum absolute atomic E-state index is 0.0662. The second-order valence-electron chi connectivity index (χ2n) is 6.91. The summed E-state index contributed by atoms with van der Waals surface area (Å²) in [6.07, 6.45) is 5.33. The molecule has 0 saturated carbocycles. The molecule has 0 bridgehead atoms. The smallest absolute Gasteiger partial charge is 0.251 e. The average molecular weight is 376 g/mol. The van der Waals surface area contributed by atoms with Crippen molar-refractivity contribution >= 4 is 11.8 Å². The molecule has 0 saturated heterocycles. The summed E-state index contributed by atoms with van der Waals surface area (Å²) in [5.41, 5.74) is 4.58. The molecule has 3 aromatic rings. The lowest BCUT2D eigenvalue weighted by molar-refractivity contribution is -0.120.